The molecule has 0 bridgehead atoms. The van der Waals surface area contributed by atoms with Crippen LogP contribution in [0.4, 0.5) is 17.7 Å². The van der Waals surface area contributed by atoms with Crippen molar-refractivity contribution in [2.75, 3.05) is 113 Å². The highest BCUT2D eigenvalue weighted by Crippen LogP contribution is 2.30. The Morgan fingerprint density at radius 3 is 2.13 bits per heavy atom. The van der Waals surface area contributed by atoms with Gasteiger partial charge in [-0.1, -0.05) is 6.07 Å². The molecule has 0 atom stereocenters. The second-order valence-electron chi connectivity index (χ2n) is 16.8. The molecule has 2 fully saturated rings. The summed E-state index contributed by atoms with van der Waals surface area (Å²) in [4.78, 5) is 71.4. The van der Waals surface area contributed by atoms with Gasteiger partial charge in [-0.25, -0.2) is 33.3 Å². The summed E-state index contributed by atoms with van der Waals surface area (Å²) in [6.07, 6.45) is 8.38. The molecule has 3 aliphatic rings. The summed E-state index contributed by atoms with van der Waals surface area (Å²) < 4.78 is 38.5. The molecule has 358 valence electrons. The number of rotatable bonds is 16. The van der Waals surface area contributed by atoms with Gasteiger partial charge >= 0.3 is 0 Å². The zero-order valence-electron chi connectivity index (χ0n) is 38.1. The number of hydrogen-bond acceptors (Lipinski definition) is 17. The first kappa shape index (κ1) is 47.7. The molecule has 0 radical (unpaired) electrons. The first-order chi connectivity index (χ1) is 32.9. The maximum Gasteiger partial charge on any atom is 0.254 e. The van der Waals surface area contributed by atoms with Crippen LogP contribution in [0.25, 0.3) is 11.1 Å². The number of nitrogens with two attached hydrogens (primary N) is 2. The molecule has 6 heterocycles. The summed E-state index contributed by atoms with van der Waals surface area (Å²) in [6, 6.07) is 13.9. The Labute approximate surface area is 395 Å². The molecule has 3 aliphatic heterocycles. The molecule has 5 aromatic rings. The minimum absolute atomic E-state index is 0.0587. The van der Waals surface area contributed by atoms with E-state index in [0.717, 1.165) is 41.9 Å². The Morgan fingerprint density at radius 1 is 0.765 bits per heavy atom. The number of pyridine rings is 1. The number of carbonyl (C=O) groups excluding carboxylic acids is 3. The van der Waals surface area contributed by atoms with Gasteiger partial charge in [0, 0.05) is 132 Å². The third-order valence-electron chi connectivity index (χ3n) is 12.3. The fraction of sp³-hybridized carbons (Fsp3) is 0.404. The molecule has 5 N–H and O–H groups in total. The van der Waals surface area contributed by atoms with E-state index in [1.807, 2.05) is 34.1 Å². The Morgan fingerprint density at radius 2 is 1.46 bits per heavy atom. The largest absolute Gasteiger partial charge is 0.491 e. The van der Waals surface area contributed by atoms with Crippen LogP contribution in [0.1, 0.15) is 43.8 Å². The molecule has 2 aromatic carbocycles. The lowest BCUT2D eigenvalue weighted by atomic mass is 10.0. The Hall–Kier alpha value is -6.81. The van der Waals surface area contributed by atoms with Gasteiger partial charge in [0.25, 0.3) is 11.8 Å². The number of hydrogen-bond donors (Lipinski definition) is 3. The van der Waals surface area contributed by atoms with Crippen LogP contribution >= 0.6 is 0 Å². The Bertz CT molecular complexity index is 2660. The molecule has 0 spiro atoms. The smallest absolute Gasteiger partial charge is 0.254 e. The van der Waals surface area contributed by atoms with E-state index in [4.69, 9.17) is 20.9 Å². The number of nitrogens with one attached hydrogen (secondary N) is 1. The van der Waals surface area contributed by atoms with Crippen LogP contribution in [0.15, 0.2) is 84.4 Å². The van der Waals surface area contributed by atoms with Gasteiger partial charge in [-0.15, -0.1) is 0 Å². The Kier molecular flexibility index (Phi) is 15.3. The van der Waals surface area contributed by atoms with Crippen LogP contribution in [0, 0.1) is 6.92 Å². The van der Waals surface area contributed by atoms with Crippen LogP contribution in [0.2, 0.25) is 0 Å². The van der Waals surface area contributed by atoms with Crippen LogP contribution in [-0.4, -0.2) is 163 Å². The SMILES string of the molecule is Cc1cc(S(=O)(=O)CCNC(=O)c2cnc(N3CCN(CCOCCC(=O)N4CCN(c5ncc(CN)cn5)CC4)CC3)nc2)ccc1C(=O)N1CCOc2ccc(-c3ccc(N)nc3)cc2C1. The van der Waals surface area contributed by atoms with Gasteiger partial charge in [-0.05, 0) is 60.5 Å². The number of carbonyl (C=O) groups is 3. The normalized spacial score (nSPS) is 15.6. The summed E-state index contributed by atoms with van der Waals surface area (Å²) in [5.74, 6) is 1.29. The molecular formula is C47H57N13O7S. The molecule has 3 aromatic heterocycles. The standard InChI is InChI=1S/C47H57N13O7S/c1-33-24-39(4-5-40(33)45(63)60-19-22-67-41-6-2-35(25-37(41)32-60)36-3-7-42(49)51-29-36)68(64,65)23-9-50-44(62)38-30-54-47(55-31-38)58-12-10-56(11-13-58)18-21-66-20-8-43(61)57-14-16-59(17-15-57)46-52-27-34(26-48)28-53-46/h2-7,24-25,27-31H,8-23,26,32,48H2,1H3,(H2,49,51)(H,50,62). The highest BCUT2D eigenvalue weighted by atomic mass is 32.2. The number of aromatic nitrogens is 5. The fourth-order valence-corrected chi connectivity index (χ4v) is 9.48. The first-order valence-corrected chi connectivity index (χ1v) is 24.4. The molecule has 21 heteroatoms. The summed E-state index contributed by atoms with van der Waals surface area (Å²) >= 11 is 0. The number of fused-ring (bicyclic) bond motifs is 1. The van der Waals surface area contributed by atoms with Crippen molar-refractivity contribution in [3.05, 3.63) is 107 Å². The molecule has 20 nitrogen and oxygen atoms in total. The molecule has 8 rings (SSSR count). The van der Waals surface area contributed by atoms with E-state index in [1.54, 1.807) is 42.5 Å². The molecular weight excluding hydrogens is 891 g/mol. The van der Waals surface area contributed by atoms with E-state index < -0.39 is 15.7 Å². The van der Waals surface area contributed by atoms with Crippen molar-refractivity contribution < 1.29 is 32.3 Å². The lowest BCUT2D eigenvalue weighted by Crippen LogP contribution is -2.49. The quantitative estimate of drug-likeness (QED) is 0.119. The van der Waals surface area contributed by atoms with E-state index in [-0.39, 0.29) is 34.6 Å². The second-order valence-corrected chi connectivity index (χ2v) is 19.0. The average molecular weight is 948 g/mol. The molecule has 3 amide bonds. The summed E-state index contributed by atoms with van der Waals surface area (Å²) in [5, 5.41) is 2.67. The van der Waals surface area contributed by atoms with Crippen molar-refractivity contribution in [3.63, 3.8) is 0 Å². The van der Waals surface area contributed by atoms with Crippen molar-refractivity contribution >= 4 is 45.3 Å². The summed E-state index contributed by atoms with van der Waals surface area (Å²) in [6.45, 7) is 10.1. The zero-order chi connectivity index (χ0) is 47.6. The minimum atomic E-state index is -3.81. The van der Waals surface area contributed by atoms with Crippen molar-refractivity contribution in [1.29, 1.82) is 0 Å². The second kappa shape index (κ2) is 21.9. The maximum atomic E-state index is 13.8. The van der Waals surface area contributed by atoms with Gasteiger partial charge in [0.1, 0.15) is 18.2 Å². The monoisotopic (exact) mass is 947 g/mol. The molecule has 0 unspecified atom stereocenters. The van der Waals surface area contributed by atoms with Crippen molar-refractivity contribution in [2.45, 2.75) is 31.3 Å². The van der Waals surface area contributed by atoms with E-state index in [2.05, 4.69) is 40.0 Å². The number of piperazine rings is 2. The maximum absolute atomic E-state index is 13.8. The van der Waals surface area contributed by atoms with E-state index in [0.29, 0.717) is 120 Å². The van der Waals surface area contributed by atoms with E-state index >= 15 is 0 Å². The number of sulfone groups is 1. The van der Waals surface area contributed by atoms with Gasteiger partial charge in [-0.2, -0.15) is 0 Å². The number of amides is 3. The van der Waals surface area contributed by atoms with Crippen LogP contribution in [0.3, 0.4) is 0 Å². The van der Waals surface area contributed by atoms with Crippen molar-refractivity contribution in [1.82, 2.24) is 44.9 Å². The topological polar surface area (TPSA) is 249 Å². The third-order valence-corrected chi connectivity index (χ3v) is 14.0. The number of benzene rings is 2. The van der Waals surface area contributed by atoms with Gasteiger partial charge < -0.3 is 45.9 Å². The summed E-state index contributed by atoms with van der Waals surface area (Å²) in [7, 11) is -3.81. The van der Waals surface area contributed by atoms with Crippen molar-refractivity contribution in [2.24, 2.45) is 5.73 Å². The van der Waals surface area contributed by atoms with E-state index in [1.165, 1.54) is 24.5 Å². The first-order valence-electron chi connectivity index (χ1n) is 22.7. The molecule has 2 saturated heterocycles. The fourth-order valence-electron chi connectivity index (χ4n) is 8.24. The van der Waals surface area contributed by atoms with Crippen LogP contribution in [0.5, 0.6) is 5.75 Å². The number of ether oxygens (including phenoxy) is 2. The lowest BCUT2D eigenvalue weighted by Gasteiger charge is -2.35. The highest BCUT2D eigenvalue weighted by Gasteiger charge is 2.26. The number of anilines is 3. The van der Waals surface area contributed by atoms with Gasteiger partial charge in [0.15, 0.2) is 9.84 Å². The summed E-state index contributed by atoms with van der Waals surface area (Å²) in [5.41, 5.74) is 16.0. The Balaban J connectivity index is 0.726. The highest BCUT2D eigenvalue weighted by molar-refractivity contribution is 7.91. The number of nitrogen functional groups attached to an aromatic ring is 1. The third kappa shape index (κ3) is 11.8. The minimum Gasteiger partial charge on any atom is -0.491 e. The zero-order valence-corrected chi connectivity index (χ0v) is 38.9. The van der Waals surface area contributed by atoms with E-state index in [9.17, 15) is 22.8 Å². The predicted molar refractivity (Wildman–Crippen MR) is 255 cm³/mol. The molecule has 0 aliphatic carbocycles. The lowest BCUT2D eigenvalue weighted by molar-refractivity contribution is -0.132. The number of aryl methyl sites for hydroxylation is 1. The molecule has 0 saturated carbocycles. The average Bonchev–Trinajstić information content (AvgIpc) is 3.59. The number of nitrogens with zero attached hydrogens (tertiary/aromatic N) is 10. The van der Waals surface area contributed by atoms with Crippen LogP contribution < -0.4 is 31.3 Å². The van der Waals surface area contributed by atoms with Gasteiger partial charge in [-0.3, -0.25) is 19.3 Å². The van der Waals surface area contributed by atoms with Gasteiger partial charge in [0.05, 0.1) is 42.4 Å². The molecule has 68 heavy (non-hydrogen) atoms. The van der Waals surface area contributed by atoms with Crippen LogP contribution in [-0.2, 0) is 32.5 Å². The van der Waals surface area contributed by atoms with Crippen molar-refractivity contribution in [3.8, 4) is 16.9 Å². The predicted octanol–water partition coefficient (Wildman–Crippen LogP) is 1.79. The van der Waals surface area contributed by atoms with Gasteiger partial charge in [0.2, 0.25) is 17.8 Å².